The summed E-state index contributed by atoms with van der Waals surface area (Å²) < 4.78 is 44.7. The van der Waals surface area contributed by atoms with Gasteiger partial charge in [-0.15, -0.1) is 0 Å². The Bertz CT molecular complexity index is 689. The highest BCUT2D eigenvalue weighted by Gasteiger charge is 2.36. The lowest BCUT2D eigenvalue weighted by molar-refractivity contribution is -0.385. The predicted molar refractivity (Wildman–Crippen MR) is 72.3 cm³/mol. The van der Waals surface area contributed by atoms with E-state index in [2.05, 4.69) is 15.9 Å². The van der Waals surface area contributed by atoms with Crippen LogP contribution in [0.5, 0.6) is 11.5 Å². The summed E-state index contributed by atoms with van der Waals surface area (Å²) in [7, 11) is 0. The molecule has 0 amide bonds. The normalized spacial score (nSPS) is 11.2. The van der Waals surface area contributed by atoms with Crippen molar-refractivity contribution in [1.29, 1.82) is 0 Å². The van der Waals surface area contributed by atoms with Crippen molar-refractivity contribution in [3.8, 4) is 11.5 Å². The Balaban J connectivity index is 2.45. The highest BCUT2D eigenvalue weighted by atomic mass is 79.9. The van der Waals surface area contributed by atoms with E-state index < -0.39 is 28.1 Å². The van der Waals surface area contributed by atoms with Crippen molar-refractivity contribution >= 4 is 21.6 Å². The first-order valence-electron chi connectivity index (χ1n) is 5.56. The van der Waals surface area contributed by atoms with E-state index in [-0.39, 0.29) is 5.75 Å². The van der Waals surface area contributed by atoms with Crippen LogP contribution in [-0.2, 0) is 6.18 Å². The maximum atomic E-state index is 13.0. The van der Waals surface area contributed by atoms with E-state index >= 15 is 0 Å². The van der Waals surface area contributed by atoms with Crippen molar-refractivity contribution in [3.63, 3.8) is 0 Å². The van der Waals surface area contributed by atoms with Crippen LogP contribution >= 0.6 is 15.9 Å². The SMILES string of the molecule is O=[N+]([O-])c1ccc(Oc2cccc(Br)c2)c(C(F)(F)F)c1. The Morgan fingerprint density at radius 3 is 2.43 bits per heavy atom. The van der Waals surface area contributed by atoms with Gasteiger partial charge in [0, 0.05) is 16.6 Å². The third kappa shape index (κ3) is 3.72. The summed E-state index contributed by atoms with van der Waals surface area (Å²) in [5.41, 5.74) is -1.85. The first-order chi connectivity index (χ1) is 9.77. The van der Waals surface area contributed by atoms with E-state index in [0.717, 1.165) is 12.1 Å². The number of nitro benzene ring substituents is 1. The molecule has 4 nitrogen and oxygen atoms in total. The molecule has 2 aromatic rings. The van der Waals surface area contributed by atoms with Gasteiger partial charge in [0.05, 0.1) is 4.92 Å². The van der Waals surface area contributed by atoms with Gasteiger partial charge in [0.25, 0.3) is 5.69 Å². The Morgan fingerprint density at radius 2 is 1.86 bits per heavy atom. The largest absolute Gasteiger partial charge is 0.457 e. The molecular formula is C13H7BrF3NO3. The van der Waals surface area contributed by atoms with Crippen molar-refractivity contribution < 1.29 is 22.8 Å². The zero-order valence-corrected chi connectivity index (χ0v) is 11.8. The van der Waals surface area contributed by atoms with E-state index in [1.54, 1.807) is 12.1 Å². The summed E-state index contributed by atoms with van der Waals surface area (Å²) in [5.74, 6) is -0.310. The molecule has 0 heterocycles. The molecule has 0 unspecified atom stereocenters. The maximum Gasteiger partial charge on any atom is 0.420 e. The number of ether oxygens (including phenoxy) is 1. The summed E-state index contributed by atoms with van der Waals surface area (Å²) in [6, 6.07) is 8.59. The van der Waals surface area contributed by atoms with Gasteiger partial charge < -0.3 is 4.74 Å². The number of rotatable bonds is 3. The molecule has 0 aliphatic heterocycles. The van der Waals surface area contributed by atoms with Gasteiger partial charge >= 0.3 is 6.18 Å². The highest BCUT2D eigenvalue weighted by molar-refractivity contribution is 9.10. The summed E-state index contributed by atoms with van der Waals surface area (Å²) in [4.78, 5) is 9.69. The lowest BCUT2D eigenvalue weighted by Gasteiger charge is -2.13. The van der Waals surface area contributed by atoms with E-state index in [1.807, 2.05) is 0 Å². The van der Waals surface area contributed by atoms with E-state index in [0.29, 0.717) is 10.5 Å². The Hall–Kier alpha value is -2.09. The van der Waals surface area contributed by atoms with E-state index in [9.17, 15) is 23.3 Å². The van der Waals surface area contributed by atoms with Gasteiger partial charge in [-0.3, -0.25) is 10.1 Å². The molecule has 2 rings (SSSR count). The summed E-state index contributed by atoms with van der Waals surface area (Å²) >= 11 is 3.17. The molecule has 0 aromatic heterocycles. The topological polar surface area (TPSA) is 52.4 Å². The van der Waals surface area contributed by atoms with Gasteiger partial charge in [-0.2, -0.15) is 13.2 Å². The summed E-state index contributed by atoms with van der Waals surface area (Å²) in [6.45, 7) is 0. The van der Waals surface area contributed by atoms with Gasteiger partial charge in [0.2, 0.25) is 0 Å². The summed E-state index contributed by atoms with van der Waals surface area (Å²) in [5, 5.41) is 10.6. The minimum absolute atomic E-state index is 0.184. The number of nitro groups is 1. The second-order valence-corrected chi connectivity index (χ2v) is 4.91. The second-order valence-electron chi connectivity index (χ2n) is 3.99. The lowest BCUT2D eigenvalue weighted by Crippen LogP contribution is -2.08. The smallest absolute Gasteiger partial charge is 0.420 e. The number of hydrogen-bond donors (Lipinski definition) is 0. The molecule has 0 spiro atoms. The molecule has 0 N–H and O–H groups in total. The van der Waals surface area contributed by atoms with Crippen molar-refractivity contribution in [1.82, 2.24) is 0 Å². The Labute approximate surface area is 125 Å². The first kappa shape index (κ1) is 15.3. The fourth-order valence-corrected chi connectivity index (χ4v) is 1.98. The standard InChI is InChI=1S/C13H7BrF3NO3/c14-8-2-1-3-10(6-8)21-12-5-4-9(18(19)20)7-11(12)13(15,16)17/h1-7H. The molecular weight excluding hydrogens is 355 g/mol. The molecule has 0 atom stereocenters. The number of alkyl halides is 3. The Morgan fingerprint density at radius 1 is 1.14 bits per heavy atom. The summed E-state index contributed by atoms with van der Waals surface area (Å²) in [6.07, 6.45) is -4.76. The zero-order valence-electron chi connectivity index (χ0n) is 10.2. The van der Waals surface area contributed by atoms with Crippen LogP contribution < -0.4 is 4.74 Å². The molecule has 0 aliphatic rings. The molecule has 0 saturated heterocycles. The lowest BCUT2D eigenvalue weighted by atomic mass is 10.1. The number of halogens is 4. The average Bonchev–Trinajstić information content (AvgIpc) is 2.37. The van der Waals surface area contributed by atoms with Crippen LogP contribution in [0.4, 0.5) is 18.9 Å². The van der Waals surface area contributed by atoms with Crippen LogP contribution in [0.25, 0.3) is 0 Å². The predicted octanol–water partition coefficient (Wildman–Crippen LogP) is 5.17. The third-order valence-electron chi connectivity index (χ3n) is 2.50. The van der Waals surface area contributed by atoms with Crippen LogP contribution in [0.15, 0.2) is 46.9 Å². The van der Waals surface area contributed by atoms with Crippen LogP contribution in [0.3, 0.4) is 0 Å². The number of benzene rings is 2. The minimum Gasteiger partial charge on any atom is -0.457 e. The van der Waals surface area contributed by atoms with Crippen molar-refractivity contribution in [2.24, 2.45) is 0 Å². The number of non-ortho nitro benzene ring substituents is 1. The monoisotopic (exact) mass is 361 g/mol. The van der Waals surface area contributed by atoms with Crippen molar-refractivity contribution in [3.05, 3.63) is 62.6 Å². The second kappa shape index (κ2) is 5.72. The molecule has 21 heavy (non-hydrogen) atoms. The first-order valence-corrected chi connectivity index (χ1v) is 6.36. The number of hydrogen-bond acceptors (Lipinski definition) is 3. The van der Waals surface area contributed by atoms with Gasteiger partial charge in [0.1, 0.15) is 17.1 Å². The fourth-order valence-electron chi connectivity index (χ4n) is 1.60. The fraction of sp³-hybridized carbons (Fsp3) is 0.0769. The van der Waals surface area contributed by atoms with Crippen LogP contribution in [0.1, 0.15) is 5.56 Å². The molecule has 2 aromatic carbocycles. The molecule has 0 fully saturated rings. The van der Waals surface area contributed by atoms with Gasteiger partial charge in [-0.25, -0.2) is 0 Å². The minimum atomic E-state index is -4.76. The zero-order chi connectivity index (χ0) is 15.6. The van der Waals surface area contributed by atoms with Gasteiger partial charge in [0.15, 0.2) is 0 Å². The van der Waals surface area contributed by atoms with Gasteiger partial charge in [-0.05, 0) is 24.3 Å². The van der Waals surface area contributed by atoms with Crippen LogP contribution in [0.2, 0.25) is 0 Å². The highest BCUT2D eigenvalue weighted by Crippen LogP contribution is 2.40. The number of nitrogens with zero attached hydrogens (tertiary/aromatic N) is 1. The Kier molecular flexibility index (Phi) is 4.17. The van der Waals surface area contributed by atoms with Gasteiger partial charge in [-0.1, -0.05) is 22.0 Å². The molecule has 0 bridgehead atoms. The van der Waals surface area contributed by atoms with Crippen LogP contribution in [-0.4, -0.2) is 4.92 Å². The maximum absolute atomic E-state index is 13.0. The molecule has 0 aliphatic carbocycles. The van der Waals surface area contributed by atoms with Crippen LogP contribution in [0, 0.1) is 10.1 Å². The molecule has 110 valence electrons. The quantitative estimate of drug-likeness (QED) is 0.559. The third-order valence-corrected chi connectivity index (χ3v) is 3.00. The molecule has 8 heteroatoms. The van der Waals surface area contributed by atoms with E-state index in [4.69, 9.17) is 4.74 Å². The van der Waals surface area contributed by atoms with E-state index in [1.165, 1.54) is 12.1 Å². The average molecular weight is 362 g/mol. The van der Waals surface area contributed by atoms with Crippen molar-refractivity contribution in [2.75, 3.05) is 0 Å². The molecule has 0 radical (unpaired) electrons. The van der Waals surface area contributed by atoms with Crippen molar-refractivity contribution in [2.45, 2.75) is 6.18 Å². The molecule has 0 saturated carbocycles.